The van der Waals surface area contributed by atoms with Crippen molar-refractivity contribution in [3.63, 3.8) is 0 Å². The lowest BCUT2D eigenvalue weighted by Crippen LogP contribution is -2.29. The van der Waals surface area contributed by atoms with Crippen LogP contribution in [0.4, 0.5) is 5.69 Å². The number of methoxy groups -OCH3 is 1. The number of likely N-dealkylation sites (N-methyl/N-ethyl adjacent to an activating group) is 1. The van der Waals surface area contributed by atoms with Crippen LogP contribution >= 0.6 is 0 Å². The Morgan fingerprint density at radius 3 is 2.69 bits per heavy atom. The summed E-state index contributed by atoms with van der Waals surface area (Å²) < 4.78 is 16.6. The van der Waals surface area contributed by atoms with Crippen molar-refractivity contribution in [1.29, 1.82) is 0 Å². The van der Waals surface area contributed by atoms with Crippen LogP contribution in [-0.4, -0.2) is 60.7 Å². The number of carbonyl (C=O) groups excluding carboxylic acids is 2. The second-order valence-corrected chi connectivity index (χ2v) is 9.39. The topological polar surface area (TPSA) is 109 Å². The predicted octanol–water partition coefficient (Wildman–Crippen LogP) is 4.25. The molecule has 2 aliphatic rings. The summed E-state index contributed by atoms with van der Waals surface area (Å²) in [4.78, 5) is 30.4. The number of phenolic OH excluding ortho intramolecular Hbond substituents is 1. The number of benzene rings is 3. The lowest BCUT2D eigenvalue weighted by molar-refractivity contribution is -0.140. The van der Waals surface area contributed by atoms with Gasteiger partial charge in [0.15, 0.2) is 11.5 Å². The predicted molar refractivity (Wildman–Crippen MR) is 145 cm³/mol. The van der Waals surface area contributed by atoms with Crippen LogP contribution in [0.25, 0.3) is 5.76 Å². The van der Waals surface area contributed by atoms with Gasteiger partial charge in [-0.2, -0.15) is 0 Å². The number of anilines is 1. The number of carbonyl (C=O) groups is 2. The van der Waals surface area contributed by atoms with E-state index in [0.29, 0.717) is 42.4 Å². The van der Waals surface area contributed by atoms with Crippen molar-refractivity contribution in [3.05, 3.63) is 82.9 Å². The number of aliphatic hydroxyl groups is 1. The molecule has 0 spiro atoms. The van der Waals surface area contributed by atoms with Crippen LogP contribution in [0.1, 0.15) is 29.7 Å². The Kier molecular flexibility index (Phi) is 7.06. The Balaban J connectivity index is 1.65. The first-order valence-electron chi connectivity index (χ1n) is 12.7. The van der Waals surface area contributed by atoms with E-state index in [0.717, 1.165) is 11.3 Å². The van der Waals surface area contributed by atoms with Gasteiger partial charge in [-0.3, -0.25) is 9.59 Å². The minimum Gasteiger partial charge on any atom is -0.507 e. The highest BCUT2D eigenvalue weighted by atomic mass is 16.5. The van der Waals surface area contributed by atoms with Gasteiger partial charge in [0.1, 0.15) is 23.9 Å². The van der Waals surface area contributed by atoms with Crippen LogP contribution in [0, 0.1) is 0 Å². The molecule has 2 N–H and O–H groups in total. The fraction of sp³-hybridized carbons (Fsp3) is 0.267. The van der Waals surface area contributed by atoms with Gasteiger partial charge in [0.25, 0.3) is 11.7 Å². The minimum absolute atomic E-state index is 0.0460. The van der Waals surface area contributed by atoms with Crippen molar-refractivity contribution in [1.82, 2.24) is 4.90 Å². The van der Waals surface area contributed by atoms with Crippen molar-refractivity contribution in [2.75, 3.05) is 38.8 Å². The SMILES string of the molecule is CCOc1cc(C2/C(=C(\O)c3ccc4c(c3)N(C)CCO4)C(=O)C(=O)N2Cc2cccc(OC)c2)ccc1O. The van der Waals surface area contributed by atoms with Crippen LogP contribution in [0.5, 0.6) is 23.0 Å². The Labute approximate surface area is 226 Å². The lowest BCUT2D eigenvalue weighted by Gasteiger charge is -2.28. The molecule has 9 nitrogen and oxygen atoms in total. The molecule has 0 radical (unpaired) electrons. The van der Waals surface area contributed by atoms with E-state index in [9.17, 15) is 19.8 Å². The molecule has 202 valence electrons. The molecule has 0 aromatic heterocycles. The first kappa shape index (κ1) is 26.0. The highest BCUT2D eigenvalue weighted by Crippen LogP contribution is 2.43. The molecule has 1 unspecified atom stereocenters. The maximum atomic E-state index is 13.5. The summed E-state index contributed by atoms with van der Waals surface area (Å²) in [5.41, 5.74) is 2.38. The minimum atomic E-state index is -0.930. The van der Waals surface area contributed by atoms with Crippen molar-refractivity contribution >= 4 is 23.1 Å². The molecular weight excluding hydrogens is 500 g/mol. The number of fused-ring (bicyclic) bond motifs is 1. The highest BCUT2D eigenvalue weighted by Gasteiger charge is 2.46. The number of hydrogen-bond donors (Lipinski definition) is 2. The fourth-order valence-corrected chi connectivity index (χ4v) is 4.98. The quantitative estimate of drug-likeness (QED) is 0.265. The Morgan fingerprint density at radius 2 is 1.92 bits per heavy atom. The molecule has 2 heterocycles. The van der Waals surface area contributed by atoms with Crippen LogP contribution in [0.3, 0.4) is 0 Å². The summed E-state index contributed by atoms with van der Waals surface area (Å²) in [5.74, 6) is -0.390. The molecule has 5 rings (SSSR count). The third-order valence-corrected chi connectivity index (χ3v) is 6.95. The molecule has 0 aliphatic carbocycles. The number of amides is 1. The second kappa shape index (κ2) is 10.6. The van der Waals surface area contributed by atoms with Gasteiger partial charge in [0.05, 0.1) is 37.6 Å². The molecule has 1 saturated heterocycles. The summed E-state index contributed by atoms with van der Waals surface area (Å²) in [6, 6.07) is 16.1. The van der Waals surface area contributed by atoms with Gasteiger partial charge in [0, 0.05) is 19.2 Å². The standard InChI is InChI=1S/C30H30N2O7/c1-4-38-25-16-19(8-10-23(25)33)27-26(28(34)20-9-11-24-22(15-20)31(2)12-13-39-24)29(35)30(36)32(27)17-18-6-5-7-21(14-18)37-3/h5-11,14-16,27,33-34H,4,12-13,17H2,1-3H3/b28-26+. The maximum absolute atomic E-state index is 13.5. The van der Waals surface area contributed by atoms with Gasteiger partial charge in [-0.1, -0.05) is 18.2 Å². The van der Waals surface area contributed by atoms with E-state index in [2.05, 4.69) is 0 Å². The van der Waals surface area contributed by atoms with Crippen molar-refractivity contribution in [2.45, 2.75) is 19.5 Å². The molecular formula is C30H30N2O7. The smallest absolute Gasteiger partial charge is 0.295 e. The number of aromatic hydroxyl groups is 1. The average molecular weight is 531 g/mol. The zero-order valence-corrected chi connectivity index (χ0v) is 22.0. The van der Waals surface area contributed by atoms with Crippen molar-refractivity contribution in [2.24, 2.45) is 0 Å². The number of aliphatic hydroxyl groups excluding tert-OH is 1. The van der Waals surface area contributed by atoms with E-state index in [1.165, 1.54) is 11.0 Å². The zero-order chi connectivity index (χ0) is 27.7. The van der Waals surface area contributed by atoms with Crippen LogP contribution in [-0.2, 0) is 16.1 Å². The van der Waals surface area contributed by atoms with E-state index in [-0.39, 0.29) is 29.4 Å². The number of nitrogens with zero attached hydrogens (tertiary/aromatic N) is 2. The Morgan fingerprint density at radius 1 is 1.10 bits per heavy atom. The van der Waals surface area contributed by atoms with Gasteiger partial charge >= 0.3 is 0 Å². The van der Waals surface area contributed by atoms with E-state index in [4.69, 9.17) is 14.2 Å². The van der Waals surface area contributed by atoms with Crippen LogP contribution < -0.4 is 19.1 Å². The van der Waals surface area contributed by atoms with Crippen molar-refractivity contribution in [3.8, 4) is 23.0 Å². The van der Waals surface area contributed by atoms with E-state index in [1.54, 1.807) is 62.6 Å². The van der Waals surface area contributed by atoms with Crippen LogP contribution in [0.2, 0.25) is 0 Å². The maximum Gasteiger partial charge on any atom is 0.295 e. The summed E-state index contributed by atoms with van der Waals surface area (Å²) in [6.07, 6.45) is 0. The molecule has 1 amide bonds. The fourth-order valence-electron chi connectivity index (χ4n) is 4.98. The number of Topliss-reactive ketones (excluding diaryl/α,β-unsaturated/α-hetero) is 1. The Bertz CT molecular complexity index is 1470. The van der Waals surface area contributed by atoms with Gasteiger partial charge < -0.3 is 34.2 Å². The number of hydrogen-bond acceptors (Lipinski definition) is 8. The van der Waals surface area contributed by atoms with E-state index in [1.807, 2.05) is 18.0 Å². The molecule has 3 aromatic carbocycles. The largest absolute Gasteiger partial charge is 0.507 e. The van der Waals surface area contributed by atoms with Gasteiger partial charge in [-0.05, 0) is 60.5 Å². The number of phenols is 1. The molecule has 0 bridgehead atoms. The zero-order valence-electron chi connectivity index (χ0n) is 22.0. The van der Waals surface area contributed by atoms with Gasteiger partial charge in [0.2, 0.25) is 0 Å². The first-order chi connectivity index (χ1) is 18.8. The highest BCUT2D eigenvalue weighted by molar-refractivity contribution is 6.46. The van der Waals surface area contributed by atoms with E-state index < -0.39 is 17.7 Å². The molecule has 1 fully saturated rings. The molecule has 2 aliphatic heterocycles. The summed E-state index contributed by atoms with van der Waals surface area (Å²) in [6.45, 7) is 3.42. The molecule has 9 heteroatoms. The third kappa shape index (κ3) is 4.83. The van der Waals surface area contributed by atoms with E-state index >= 15 is 0 Å². The molecule has 3 aromatic rings. The first-order valence-corrected chi connectivity index (χ1v) is 12.7. The molecule has 0 saturated carbocycles. The lowest BCUT2D eigenvalue weighted by atomic mass is 9.94. The summed E-state index contributed by atoms with van der Waals surface area (Å²) in [5, 5.41) is 21.8. The normalized spacial score (nSPS) is 18.1. The monoisotopic (exact) mass is 530 g/mol. The Hall–Kier alpha value is -4.66. The number of likely N-dealkylation sites (tertiary alicyclic amines) is 1. The van der Waals surface area contributed by atoms with Crippen LogP contribution in [0.15, 0.2) is 66.2 Å². The number of ether oxygens (including phenoxy) is 3. The number of rotatable bonds is 7. The summed E-state index contributed by atoms with van der Waals surface area (Å²) >= 11 is 0. The van der Waals surface area contributed by atoms with Crippen molar-refractivity contribution < 1.29 is 34.0 Å². The molecule has 1 atom stereocenters. The average Bonchev–Trinajstić information content (AvgIpc) is 3.19. The summed E-state index contributed by atoms with van der Waals surface area (Å²) in [7, 11) is 3.47. The van der Waals surface area contributed by atoms with Gasteiger partial charge in [-0.15, -0.1) is 0 Å². The third-order valence-electron chi connectivity index (χ3n) is 6.95. The molecule has 39 heavy (non-hydrogen) atoms. The second-order valence-electron chi connectivity index (χ2n) is 9.39. The van der Waals surface area contributed by atoms with Gasteiger partial charge in [-0.25, -0.2) is 0 Å². The number of ketones is 1.